The zero-order valence-corrected chi connectivity index (χ0v) is 11.6. The molecule has 0 bridgehead atoms. The van der Waals surface area contributed by atoms with Gasteiger partial charge in [0.1, 0.15) is 0 Å². The van der Waals surface area contributed by atoms with Crippen molar-refractivity contribution in [2.75, 3.05) is 0 Å². The van der Waals surface area contributed by atoms with Crippen LogP contribution in [0.1, 0.15) is 0 Å². The van der Waals surface area contributed by atoms with Crippen molar-refractivity contribution in [2.24, 2.45) is 0 Å². The van der Waals surface area contributed by atoms with Gasteiger partial charge in [0.05, 0.1) is 27.6 Å². The highest BCUT2D eigenvalue weighted by molar-refractivity contribution is 6.22. The zero-order chi connectivity index (χ0) is 14.5. The summed E-state index contributed by atoms with van der Waals surface area (Å²) in [6.45, 7) is 0. The standard InChI is InChI=1S/C18H10N4/c1-4-11-13-10-15-14(6-3-7-19-15)22-18(13)17-12(5-2-9-21-17)16(11)20-8-1/h1-10H. The first-order valence-electron chi connectivity index (χ1n) is 7.09. The van der Waals surface area contributed by atoms with E-state index in [0.29, 0.717) is 0 Å². The zero-order valence-electron chi connectivity index (χ0n) is 11.6. The van der Waals surface area contributed by atoms with Crippen LogP contribution in [0.4, 0.5) is 0 Å². The predicted molar refractivity (Wildman–Crippen MR) is 87.6 cm³/mol. The summed E-state index contributed by atoms with van der Waals surface area (Å²) in [5.41, 5.74) is 4.50. The van der Waals surface area contributed by atoms with Crippen molar-refractivity contribution < 1.29 is 0 Å². The molecule has 22 heavy (non-hydrogen) atoms. The van der Waals surface area contributed by atoms with Crippen molar-refractivity contribution >= 4 is 43.7 Å². The normalized spacial score (nSPS) is 11.6. The molecule has 0 spiro atoms. The summed E-state index contributed by atoms with van der Waals surface area (Å²) >= 11 is 0. The summed E-state index contributed by atoms with van der Waals surface area (Å²) in [6.07, 6.45) is 5.40. The molecule has 0 amide bonds. The van der Waals surface area contributed by atoms with Crippen molar-refractivity contribution in [3.63, 3.8) is 0 Å². The number of pyridine rings is 4. The lowest BCUT2D eigenvalue weighted by molar-refractivity contribution is 1.36. The van der Waals surface area contributed by atoms with Gasteiger partial charge >= 0.3 is 0 Å². The van der Waals surface area contributed by atoms with Crippen LogP contribution in [0.25, 0.3) is 43.7 Å². The summed E-state index contributed by atoms with van der Waals surface area (Å²) in [7, 11) is 0. The Bertz CT molecular complexity index is 1090. The third kappa shape index (κ3) is 1.46. The van der Waals surface area contributed by atoms with Crippen molar-refractivity contribution in [3.05, 3.63) is 61.1 Å². The lowest BCUT2D eigenvalue weighted by atomic mass is 10.0. The van der Waals surface area contributed by atoms with Crippen molar-refractivity contribution in [1.82, 2.24) is 19.9 Å². The Labute approximate surface area is 125 Å². The van der Waals surface area contributed by atoms with Crippen LogP contribution in [0.15, 0.2) is 61.1 Å². The van der Waals surface area contributed by atoms with E-state index < -0.39 is 0 Å². The number of rotatable bonds is 0. The number of hydrogen-bond acceptors (Lipinski definition) is 4. The minimum atomic E-state index is 0.880. The van der Waals surface area contributed by atoms with Crippen LogP contribution in [0.5, 0.6) is 0 Å². The average Bonchev–Trinajstić information content (AvgIpc) is 2.61. The second-order valence-corrected chi connectivity index (χ2v) is 5.23. The van der Waals surface area contributed by atoms with Crippen LogP contribution < -0.4 is 0 Å². The van der Waals surface area contributed by atoms with Crippen LogP contribution in [0, 0.1) is 0 Å². The van der Waals surface area contributed by atoms with E-state index in [1.54, 1.807) is 12.4 Å². The third-order valence-electron chi connectivity index (χ3n) is 3.97. The second kappa shape index (κ2) is 4.18. The first-order chi connectivity index (χ1) is 10.9. The van der Waals surface area contributed by atoms with Gasteiger partial charge in [0, 0.05) is 34.7 Å². The number of nitrogens with zero attached hydrogens (tertiary/aromatic N) is 4. The van der Waals surface area contributed by atoms with E-state index in [9.17, 15) is 0 Å². The maximum Gasteiger partial charge on any atom is 0.0986 e. The summed E-state index contributed by atoms with van der Waals surface area (Å²) in [5.74, 6) is 0. The van der Waals surface area contributed by atoms with Crippen molar-refractivity contribution in [3.8, 4) is 0 Å². The quantitative estimate of drug-likeness (QED) is 0.319. The number of aromatic nitrogens is 4. The van der Waals surface area contributed by atoms with E-state index >= 15 is 0 Å². The molecule has 1 aromatic carbocycles. The molecule has 0 saturated heterocycles. The highest BCUT2D eigenvalue weighted by atomic mass is 14.8. The van der Waals surface area contributed by atoms with E-state index in [1.165, 1.54) is 0 Å². The van der Waals surface area contributed by atoms with Gasteiger partial charge in [0.2, 0.25) is 0 Å². The molecular formula is C18H10N4. The van der Waals surface area contributed by atoms with Crippen LogP contribution in [-0.4, -0.2) is 19.9 Å². The third-order valence-corrected chi connectivity index (χ3v) is 3.97. The molecule has 4 aromatic heterocycles. The highest BCUT2D eigenvalue weighted by Crippen LogP contribution is 2.32. The summed E-state index contributed by atoms with van der Waals surface area (Å²) in [4.78, 5) is 18.3. The molecule has 5 aromatic rings. The SMILES string of the molecule is c1cnc2cc3c4cccnc4c4cccnc4c3nc2c1. The van der Waals surface area contributed by atoms with Gasteiger partial charge in [-0.3, -0.25) is 15.0 Å². The molecule has 5 rings (SSSR count). The Hall–Kier alpha value is -3.14. The molecule has 0 atom stereocenters. The van der Waals surface area contributed by atoms with Gasteiger partial charge in [-0.2, -0.15) is 0 Å². The molecule has 0 aliphatic rings. The number of benzene rings is 1. The average molecular weight is 282 g/mol. The largest absolute Gasteiger partial charge is 0.256 e. The summed E-state index contributed by atoms with van der Waals surface area (Å²) < 4.78 is 0. The predicted octanol–water partition coefficient (Wildman–Crippen LogP) is 3.88. The first-order valence-corrected chi connectivity index (χ1v) is 7.09. The molecule has 102 valence electrons. The fourth-order valence-corrected chi connectivity index (χ4v) is 3.01. The van der Waals surface area contributed by atoms with Gasteiger partial charge < -0.3 is 0 Å². The fraction of sp³-hybridized carbons (Fsp3) is 0. The first kappa shape index (κ1) is 11.5. The molecule has 0 aliphatic carbocycles. The maximum absolute atomic E-state index is 4.80. The van der Waals surface area contributed by atoms with Crippen molar-refractivity contribution in [2.45, 2.75) is 0 Å². The summed E-state index contributed by atoms with van der Waals surface area (Å²) in [5, 5.41) is 3.15. The molecule has 0 radical (unpaired) electrons. The smallest absolute Gasteiger partial charge is 0.0986 e. The van der Waals surface area contributed by atoms with Crippen LogP contribution >= 0.6 is 0 Å². The topological polar surface area (TPSA) is 51.6 Å². The molecule has 4 heterocycles. The lowest BCUT2D eigenvalue weighted by Crippen LogP contribution is -1.91. The van der Waals surface area contributed by atoms with E-state index in [2.05, 4.69) is 27.1 Å². The number of hydrogen-bond donors (Lipinski definition) is 0. The Morgan fingerprint density at radius 2 is 1.27 bits per heavy atom. The fourth-order valence-electron chi connectivity index (χ4n) is 3.01. The van der Waals surface area contributed by atoms with Gasteiger partial charge in [-0.05, 0) is 36.4 Å². The second-order valence-electron chi connectivity index (χ2n) is 5.23. The van der Waals surface area contributed by atoms with Gasteiger partial charge in [-0.15, -0.1) is 0 Å². The van der Waals surface area contributed by atoms with Crippen LogP contribution in [0.3, 0.4) is 0 Å². The Morgan fingerprint density at radius 3 is 2.18 bits per heavy atom. The molecular weight excluding hydrogens is 272 g/mol. The highest BCUT2D eigenvalue weighted by Gasteiger charge is 2.12. The molecule has 4 nitrogen and oxygen atoms in total. The molecule has 0 fully saturated rings. The van der Waals surface area contributed by atoms with Gasteiger partial charge in [0.15, 0.2) is 0 Å². The molecule has 0 unspecified atom stereocenters. The van der Waals surface area contributed by atoms with Crippen LogP contribution in [0.2, 0.25) is 0 Å². The number of fused-ring (bicyclic) bond motifs is 7. The van der Waals surface area contributed by atoms with E-state index in [-0.39, 0.29) is 0 Å². The van der Waals surface area contributed by atoms with E-state index in [1.807, 2.05) is 36.5 Å². The molecule has 0 aliphatic heterocycles. The lowest BCUT2D eigenvalue weighted by Gasteiger charge is -2.08. The molecule has 0 N–H and O–H groups in total. The minimum absolute atomic E-state index is 0.880. The molecule has 0 saturated carbocycles. The Kier molecular flexibility index (Phi) is 2.19. The molecule has 4 heteroatoms. The van der Waals surface area contributed by atoms with Crippen LogP contribution in [-0.2, 0) is 0 Å². The van der Waals surface area contributed by atoms with Gasteiger partial charge in [-0.1, -0.05) is 6.07 Å². The summed E-state index contributed by atoms with van der Waals surface area (Å²) in [6, 6.07) is 14.0. The maximum atomic E-state index is 4.80. The minimum Gasteiger partial charge on any atom is -0.256 e. The van der Waals surface area contributed by atoms with E-state index in [0.717, 1.165) is 43.7 Å². The Balaban J connectivity index is 2.17. The van der Waals surface area contributed by atoms with Gasteiger partial charge in [-0.25, -0.2) is 4.98 Å². The monoisotopic (exact) mass is 282 g/mol. The van der Waals surface area contributed by atoms with E-state index in [4.69, 9.17) is 4.98 Å². The van der Waals surface area contributed by atoms with Crippen molar-refractivity contribution in [1.29, 1.82) is 0 Å². The van der Waals surface area contributed by atoms with Gasteiger partial charge in [0.25, 0.3) is 0 Å². The Morgan fingerprint density at radius 1 is 0.545 bits per heavy atom.